The van der Waals surface area contributed by atoms with Crippen LogP contribution in [0.2, 0.25) is 0 Å². The van der Waals surface area contributed by atoms with Gasteiger partial charge >= 0.3 is 0 Å². The van der Waals surface area contributed by atoms with Crippen LogP contribution in [0.25, 0.3) is 88.0 Å². The minimum Gasteiger partial charge on any atom is -0.310 e. The zero-order valence-corrected chi connectivity index (χ0v) is 33.6. The Labute approximate surface area is 357 Å². The first-order chi connectivity index (χ1) is 30.2. The lowest BCUT2D eigenvalue weighted by atomic mass is 9.86. The van der Waals surface area contributed by atoms with Crippen molar-refractivity contribution in [3.63, 3.8) is 0 Å². The van der Waals surface area contributed by atoms with Gasteiger partial charge in [0.05, 0.1) is 0 Å². The van der Waals surface area contributed by atoms with E-state index in [4.69, 9.17) is 0 Å². The summed E-state index contributed by atoms with van der Waals surface area (Å²) in [5.41, 5.74) is 15.2. The van der Waals surface area contributed by atoms with Crippen molar-refractivity contribution in [2.75, 3.05) is 4.90 Å². The zero-order valence-electron chi connectivity index (χ0n) is 33.6. The molecule has 0 aromatic heterocycles. The molecule has 286 valence electrons. The first-order valence-electron chi connectivity index (χ1n) is 21.0. The molecule has 11 aromatic rings. The van der Waals surface area contributed by atoms with Gasteiger partial charge in [-0.3, -0.25) is 0 Å². The second kappa shape index (κ2) is 15.6. The molecule has 0 radical (unpaired) electrons. The Morgan fingerprint density at radius 3 is 1.34 bits per heavy atom. The van der Waals surface area contributed by atoms with Gasteiger partial charge in [0.2, 0.25) is 0 Å². The molecule has 0 fully saturated rings. The smallest absolute Gasteiger partial charge is 0.0468 e. The lowest BCUT2D eigenvalue weighted by molar-refractivity contribution is 1.29. The predicted molar refractivity (Wildman–Crippen MR) is 261 cm³/mol. The van der Waals surface area contributed by atoms with Crippen molar-refractivity contribution in [2.24, 2.45) is 0 Å². The SMILES string of the molecule is c1ccc(-c2ccccc2-c2ccccc2-c2ccc(N(c3ccc(-c4ccc5ccccc5c4)cc3)c3ccc4ccc5ccccc5c4c3)cc2-c2ccccc2)cc1. The van der Waals surface area contributed by atoms with Gasteiger partial charge < -0.3 is 4.90 Å². The summed E-state index contributed by atoms with van der Waals surface area (Å²) in [4.78, 5) is 2.41. The maximum Gasteiger partial charge on any atom is 0.0468 e. The number of nitrogens with zero attached hydrogens (tertiary/aromatic N) is 1. The minimum atomic E-state index is 1.09. The molecule has 0 N–H and O–H groups in total. The molecule has 0 saturated heterocycles. The van der Waals surface area contributed by atoms with E-state index in [0.717, 1.165) is 17.1 Å². The van der Waals surface area contributed by atoms with Gasteiger partial charge in [0.1, 0.15) is 0 Å². The van der Waals surface area contributed by atoms with Crippen LogP contribution < -0.4 is 4.90 Å². The Morgan fingerprint density at radius 2 is 0.639 bits per heavy atom. The van der Waals surface area contributed by atoms with Crippen LogP contribution in [0.3, 0.4) is 0 Å². The summed E-state index contributed by atoms with van der Waals surface area (Å²) in [5, 5.41) is 7.44. The van der Waals surface area contributed by atoms with E-state index >= 15 is 0 Å². The summed E-state index contributed by atoms with van der Waals surface area (Å²) >= 11 is 0. The van der Waals surface area contributed by atoms with Gasteiger partial charge in [-0.1, -0.05) is 206 Å². The Morgan fingerprint density at radius 1 is 0.197 bits per heavy atom. The molecule has 1 nitrogen and oxygen atoms in total. The maximum absolute atomic E-state index is 2.41. The van der Waals surface area contributed by atoms with E-state index in [9.17, 15) is 0 Å². The highest BCUT2D eigenvalue weighted by molar-refractivity contribution is 6.09. The summed E-state index contributed by atoms with van der Waals surface area (Å²) in [6, 6.07) is 90.6. The van der Waals surface area contributed by atoms with Crippen LogP contribution in [-0.4, -0.2) is 0 Å². The second-order valence-corrected chi connectivity index (χ2v) is 15.7. The third-order valence-corrected chi connectivity index (χ3v) is 12.1. The predicted octanol–water partition coefficient (Wildman–Crippen LogP) is 17.0. The van der Waals surface area contributed by atoms with Crippen LogP contribution in [0.5, 0.6) is 0 Å². The van der Waals surface area contributed by atoms with E-state index in [-0.39, 0.29) is 0 Å². The number of hydrogen-bond donors (Lipinski definition) is 0. The van der Waals surface area contributed by atoms with Gasteiger partial charge in [0, 0.05) is 17.1 Å². The van der Waals surface area contributed by atoms with Crippen LogP contribution in [0.1, 0.15) is 0 Å². The van der Waals surface area contributed by atoms with E-state index in [1.165, 1.54) is 88.0 Å². The van der Waals surface area contributed by atoms with Crippen molar-refractivity contribution in [3.05, 3.63) is 249 Å². The highest BCUT2D eigenvalue weighted by Crippen LogP contribution is 2.45. The molecular formula is C60H41N. The molecule has 0 amide bonds. The standard InChI is InChI=1S/C60H41N/c1-3-16-44(17-4-1)53-22-11-12-24-55(53)56-25-13-14-26-57(56)58-38-37-52(41-60(58)45-18-5-2-6-19-45)61(51-36-33-47-29-28-46-20-9-10-23-54(46)59(47)40-51)50-34-31-43(32-35-50)49-30-27-42-15-7-8-21-48(42)39-49/h1-41H. The minimum absolute atomic E-state index is 1.09. The molecule has 61 heavy (non-hydrogen) atoms. The third kappa shape index (κ3) is 6.83. The molecular weight excluding hydrogens is 735 g/mol. The molecule has 0 aliphatic rings. The molecule has 11 aromatic carbocycles. The Balaban J connectivity index is 1.10. The normalized spacial score (nSPS) is 11.3. The molecule has 0 spiro atoms. The van der Waals surface area contributed by atoms with Crippen molar-refractivity contribution in [3.8, 4) is 55.6 Å². The first kappa shape index (κ1) is 36.1. The maximum atomic E-state index is 2.41. The summed E-state index contributed by atoms with van der Waals surface area (Å²) < 4.78 is 0. The molecule has 0 unspecified atom stereocenters. The third-order valence-electron chi connectivity index (χ3n) is 12.1. The molecule has 0 aliphatic heterocycles. The quantitative estimate of drug-likeness (QED) is 0.139. The van der Waals surface area contributed by atoms with Gasteiger partial charge in [-0.2, -0.15) is 0 Å². The summed E-state index contributed by atoms with van der Waals surface area (Å²) in [7, 11) is 0. The Bertz CT molecular complexity index is 3350. The number of benzene rings is 11. The lowest BCUT2D eigenvalue weighted by Crippen LogP contribution is -2.10. The summed E-state index contributed by atoms with van der Waals surface area (Å²) in [6.45, 7) is 0. The molecule has 0 heterocycles. The van der Waals surface area contributed by atoms with Crippen molar-refractivity contribution in [1.82, 2.24) is 0 Å². The van der Waals surface area contributed by atoms with E-state index in [1.54, 1.807) is 0 Å². The van der Waals surface area contributed by atoms with Gasteiger partial charge in [-0.15, -0.1) is 0 Å². The zero-order chi connectivity index (χ0) is 40.5. The van der Waals surface area contributed by atoms with E-state index < -0.39 is 0 Å². The van der Waals surface area contributed by atoms with Crippen LogP contribution in [0.15, 0.2) is 249 Å². The highest BCUT2D eigenvalue weighted by atomic mass is 15.1. The average Bonchev–Trinajstić information content (AvgIpc) is 3.34. The molecule has 0 atom stereocenters. The van der Waals surface area contributed by atoms with Gasteiger partial charge in [0.25, 0.3) is 0 Å². The van der Waals surface area contributed by atoms with Crippen LogP contribution in [0.4, 0.5) is 17.1 Å². The van der Waals surface area contributed by atoms with Gasteiger partial charge in [0.15, 0.2) is 0 Å². The number of hydrogen-bond acceptors (Lipinski definition) is 1. The Hall–Kier alpha value is -8.00. The largest absolute Gasteiger partial charge is 0.310 e. The van der Waals surface area contributed by atoms with Gasteiger partial charge in [-0.05, 0) is 130 Å². The lowest BCUT2D eigenvalue weighted by Gasteiger charge is -2.28. The summed E-state index contributed by atoms with van der Waals surface area (Å²) in [5.74, 6) is 0. The summed E-state index contributed by atoms with van der Waals surface area (Å²) in [6.07, 6.45) is 0. The van der Waals surface area contributed by atoms with E-state index in [2.05, 4.69) is 254 Å². The molecule has 0 bridgehead atoms. The van der Waals surface area contributed by atoms with Gasteiger partial charge in [-0.25, -0.2) is 0 Å². The van der Waals surface area contributed by atoms with Crippen LogP contribution in [-0.2, 0) is 0 Å². The van der Waals surface area contributed by atoms with Crippen molar-refractivity contribution in [2.45, 2.75) is 0 Å². The van der Waals surface area contributed by atoms with Crippen LogP contribution in [0, 0.1) is 0 Å². The van der Waals surface area contributed by atoms with Crippen LogP contribution >= 0.6 is 0 Å². The number of fused-ring (bicyclic) bond motifs is 4. The topological polar surface area (TPSA) is 3.24 Å². The van der Waals surface area contributed by atoms with Crippen molar-refractivity contribution < 1.29 is 0 Å². The first-order valence-corrected chi connectivity index (χ1v) is 21.0. The van der Waals surface area contributed by atoms with Crippen molar-refractivity contribution in [1.29, 1.82) is 0 Å². The number of rotatable bonds is 8. The molecule has 0 saturated carbocycles. The fourth-order valence-corrected chi connectivity index (χ4v) is 9.05. The fraction of sp³-hybridized carbons (Fsp3) is 0. The average molecular weight is 776 g/mol. The van der Waals surface area contributed by atoms with Crippen molar-refractivity contribution >= 4 is 49.4 Å². The monoisotopic (exact) mass is 775 g/mol. The number of anilines is 3. The Kier molecular flexibility index (Phi) is 9.26. The van der Waals surface area contributed by atoms with E-state index in [0.29, 0.717) is 0 Å². The molecule has 11 rings (SSSR count). The molecule has 1 heteroatoms. The fourth-order valence-electron chi connectivity index (χ4n) is 9.05. The second-order valence-electron chi connectivity index (χ2n) is 15.7. The van der Waals surface area contributed by atoms with E-state index in [1.807, 2.05) is 0 Å². The highest BCUT2D eigenvalue weighted by Gasteiger charge is 2.20. The molecule has 0 aliphatic carbocycles.